The molecule has 0 unspecified atom stereocenters. The van der Waals surface area contributed by atoms with Crippen LogP contribution >= 0.6 is 11.3 Å². The van der Waals surface area contributed by atoms with E-state index in [1.54, 1.807) is 16.0 Å². The van der Waals surface area contributed by atoms with Gasteiger partial charge in [-0.2, -0.15) is 9.78 Å². The fourth-order valence-electron chi connectivity index (χ4n) is 7.12. The summed E-state index contributed by atoms with van der Waals surface area (Å²) in [5.74, 6) is 2.93. The standard InChI is InChI=1S/C28H27N5O2S/c34-25-13-21(20-5-2-1-3-6-20)29-27(31-25)33-24(12-22(32-33)23-7-4-8-36-23)30-26(35)28-14-17-9-18(15-28)11-19(10-17)16-28/h1-8,12-13,17-19H,9-11,14-16H2,(H,30,35)(H,29,31,34). The van der Waals surface area contributed by atoms with Gasteiger partial charge in [-0.3, -0.25) is 14.6 Å². The number of aromatic amines is 1. The van der Waals surface area contributed by atoms with Gasteiger partial charge in [0, 0.05) is 17.7 Å². The summed E-state index contributed by atoms with van der Waals surface area (Å²) in [5, 5.41) is 10.0. The number of rotatable bonds is 5. The fraction of sp³-hybridized carbons (Fsp3) is 0.357. The number of carbonyl (C=O) groups excluding carboxylic acids is 1. The van der Waals surface area contributed by atoms with Gasteiger partial charge in [-0.05, 0) is 67.7 Å². The molecule has 2 N–H and O–H groups in total. The predicted molar refractivity (Wildman–Crippen MR) is 140 cm³/mol. The zero-order valence-corrected chi connectivity index (χ0v) is 20.6. The first kappa shape index (κ1) is 21.7. The van der Waals surface area contributed by atoms with Crippen LogP contribution in [-0.2, 0) is 4.79 Å². The van der Waals surface area contributed by atoms with E-state index in [1.165, 1.54) is 25.3 Å². The Labute approximate surface area is 212 Å². The molecule has 0 spiro atoms. The number of thiophene rings is 1. The van der Waals surface area contributed by atoms with Crippen LogP contribution in [0.5, 0.6) is 0 Å². The molecule has 1 amide bonds. The number of nitrogens with zero attached hydrogens (tertiary/aromatic N) is 3. The average molecular weight is 498 g/mol. The minimum absolute atomic E-state index is 0.0852. The van der Waals surface area contributed by atoms with Crippen LogP contribution in [0.25, 0.3) is 27.8 Å². The second-order valence-electron chi connectivity index (χ2n) is 10.8. The highest BCUT2D eigenvalue weighted by atomic mass is 32.1. The van der Waals surface area contributed by atoms with Gasteiger partial charge >= 0.3 is 0 Å². The number of aromatic nitrogens is 4. The van der Waals surface area contributed by atoms with Crippen molar-refractivity contribution in [1.82, 2.24) is 19.7 Å². The van der Waals surface area contributed by atoms with Gasteiger partial charge in [0.1, 0.15) is 11.5 Å². The third kappa shape index (κ3) is 3.71. The first-order valence-electron chi connectivity index (χ1n) is 12.7. The minimum Gasteiger partial charge on any atom is -0.310 e. The van der Waals surface area contributed by atoms with Gasteiger partial charge < -0.3 is 5.32 Å². The molecule has 4 aliphatic rings. The molecule has 8 heteroatoms. The van der Waals surface area contributed by atoms with Crippen LogP contribution in [0.15, 0.2) is 64.8 Å². The molecule has 36 heavy (non-hydrogen) atoms. The van der Waals surface area contributed by atoms with Crippen LogP contribution in [0.2, 0.25) is 0 Å². The molecule has 4 fully saturated rings. The van der Waals surface area contributed by atoms with E-state index in [2.05, 4.69) is 10.3 Å². The van der Waals surface area contributed by atoms with Gasteiger partial charge in [-0.1, -0.05) is 36.4 Å². The lowest BCUT2D eigenvalue weighted by Crippen LogP contribution is -2.51. The lowest BCUT2D eigenvalue weighted by Gasteiger charge is -2.55. The van der Waals surface area contributed by atoms with E-state index in [9.17, 15) is 9.59 Å². The second kappa shape index (κ2) is 8.27. The first-order chi connectivity index (χ1) is 17.5. The number of hydrogen-bond acceptors (Lipinski definition) is 5. The molecule has 0 aliphatic heterocycles. The van der Waals surface area contributed by atoms with Gasteiger partial charge in [0.2, 0.25) is 11.9 Å². The Bertz CT molecular complexity index is 1450. The highest BCUT2D eigenvalue weighted by Crippen LogP contribution is 2.60. The van der Waals surface area contributed by atoms with Gasteiger partial charge in [-0.25, -0.2) is 4.98 Å². The zero-order chi connectivity index (χ0) is 24.3. The molecule has 8 rings (SSSR count). The third-order valence-electron chi connectivity index (χ3n) is 8.24. The monoisotopic (exact) mass is 497 g/mol. The number of anilines is 1. The highest BCUT2D eigenvalue weighted by molar-refractivity contribution is 7.13. The lowest BCUT2D eigenvalue weighted by molar-refractivity contribution is -0.140. The first-order valence-corrected chi connectivity index (χ1v) is 13.6. The Kier molecular flexibility index (Phi) is 4.99. The molecule has 1 aromatic carbocycles. The summed E-state index contributed by atoms with van der Waals surface area (Å²) >= 11 is 1.58. The molecule has 3 aromatic heterocycles. The predicted octanol–water partition coefficient (Wildman–Crippen LogP) is 5.51. The molecule has 0 atom stereocenters. The Morgan fingerprint density at radius 1 is 0.972 bits per heavy atom. The van der Waals surface area contributed by atoms with Crippen LogP contribution in [0.4, 0.5) is 5.82 Å². The average Bonchev–Trinajstić information content (AvgIpc) is 3.54. The molecule has 4 aliphatic carbocycles. The van der Waals surface area contributed by atoms with Crippen molar-refractivity contribution in [3.05, 3.63) is 70.3 Å². The van der Waals surface area contributed by atoms with Crippen molar-refractivity contribution >= 4 is 23.1 Å². The van der Waals surface area contributed by atoms with Crippen molar-refractivity contribution in [2.45, 2.75) is 38.5 Å². The van der Waals surface area contributed by atoms with Crippen LogP contribution in [0.1, 0.15) is 38.5 Å². The molecule has 3 heterocycles. The van der Waals surface area contributed by atoms with Crippen LogP contribution < -0.4 is 10.9 Å². The topological polar surface area (TPSA) is 92.7 Å². The van der Waals surface area contributed by atoms with Crippen molar-refractivity contribution in [3.63, 3.8) is 0 Å². The summed E-state index contributed by atoms with van der Waals surface area (Å²) in [6, 6.07) is 16.9. The normalized spacial score (nSPS) is 26.3. The van der Waals surface area contributed by atoms with Gasteiger partial charge in [0.15, 0.2) is 0 Å². The van der Waals surface area contributed by atoms with E-state index in [1.807, 2.05) is 53.9 Å². The van der Waals surface area contributed by atoms with E-state index >= 15 is 0 Å². The number of H-pyrrole nitrogens is 1. The van der Waals surface area contributed by atoms with E-state index in [4.69, 9.17) is 10.1 Å². The Hall–Kier alpha value is -3.52. The zero-order valence-electron chi connectivity index (χ0n) is 19.8. The summed E-state index contributed by atoms with van der Waals surface area (Å²) in [5.41, 5.74) is 1.57. The molecule has 7 nitrogen and oxygen atoms in total. The molecule has 4 aromatic rings. The lowest BCUT2D eigenvalue weighted by atomic mass is 9.49. The Morgan fingerprint density at radius 3 is 2.36 bits per heavy atom. The molecule has 182 valence electrons. The molecule has 4 bridgehead atoms. The van der Waals surface area contributed by atoms with Crippen molar-refractivity contribution in [1.29, 1.82) is 0 Å². The highest BCUT2D eigenvalue weighted by Gasteiger charge is 2.54. The van der Waals surface area contributed by atoms with Crippen molar-refractivity contribution in [3.8, 4) is 27.8 Å². The fourth-order valence-corrected chi connectivity index (χ4v) is 7.80. The molecule has 0 radical (unpaired) electrons. The van der Waals surface area contributed by atoms with Crippen LogP contribution in [0, 0.1) is 23.2 Å². The number of amides is 1. The quantitative estimate of drug-likeness (QED) is 0.380. The number of hydrogen-bond donors (Lipinski definition) is 2. The Balaban J connectivity index is 1.29. The summed E-state index contributed by atoms with van der Waals surface area (Å²) in [6.07, 6.45) is 6.79. The van der Waals surface area contributed by atoms with Gasteiger partial charge in [0.05, 0.1) is 16.0 Å². The number of nitrogens with one attached hydrogen (secondary N) is 2. The largest absolute Gasteiger partial charge is 0.310 e. The minimum atomic E-state index is -0.292. The molecular weight excluding hydrogens is 470 g/mol. The van der Waals surface area contributed by atoms with E-state index < -0.39 is 0 Å². The second-order valence-corrected chi connectivity index (χ2v) is 11.7. The summed E-state index contributed by atoms with van der Waals surface area (Å²) < 4.78 is 1.57. The van der Waals surface area contributed by atoms with Gasteiger partial charge in [-0.15, -0.1) is 11.3 Å². The van der Waals surface area contributed by atoms with Gasteiger partial charge in [0.25, 0.3) is 5.56 Å². The maximum atomic E-state index is 13.9. The maximum Gasteiger partial charge on any atom is 0.252 e. The van der Waals surface area contributed by atoms with Crippen molar-refractivity contribution in [2.75, 3.05) is 5.32 Å². The van der Waals surface area contributed by atoms with E-state index in [0.29, 0.717) is 29.3 Å². The van der Waals surface area contributed by atoms with Crippen LogP contribution in [-0.4, -0.2) is 25.7 Å². The summed E-state index contributed by atoms with van der Waals surface area (Å²) in [4.78, 5) is 35.0. The number of carbonyl (C=O) groups is 1. The van der Waals surface area contributed by atoms with E-state index in [-0.39, 0.29) is 22.8 Å². The molecule has 4 saturated carbocycles. The summed E-state index contributed by atoms with van der Waals surface area (Å²) in [7, 11) is 0. The van der Waals surface area contributed by atoms with Crippen molar-refractivity contribution in [2.24, 2.45) is 23.2 Å². The van der Waals surface area contributed by atoms with Crippen LogP contribution in [0.3, 0.4) is 0 Å². The van der Waals surface area contributed by atoms with Crippen molar-refractivity contribution < 1.29 is 4.79 Å². The molecule has 0 saturated heterocycles. The third-order valence-corrected chi connectivity index (χ3v) is 9.14. The smallest absolute Gasteiger partial charge is 0.252 e. The maximum absolute atomic E-state index is 13.9. The number of benzene rings is 1. The SMILES string of the molecule is O=C(Nc1cc(-c2cccs2)nn1-c1nc(-c2ccccc2)cc(=O)[nH]1)C12CC3CC(CC(C3)C1)C2. The summed E-state index contributed by atoms with van der Waals surface area (Å²) in [6.45, 7) is 0. The van der Waals surface area contributed by atoms with E-state index in [0.717, 1.165) is 35.4 Å². The Morgan fingerprint density at radius 2 is 1.69 bits per heavy atom. The molecular formula is C28H27N5O2S.